The quantitative estimate of drug-likeness (QED) is 0.494. The molecule has 0 aliphatic heterocycles. The third-order valence-electron chi connectivity index (χ3n) is 1.23. The van der Waals surface area contributed by atoms with Gasteiger partial charge in [-0.05, 0) is 12.8 Å². The monoisotopic (exact) mass is 203 g/mol. The number of hydrogen-bond acceptors (Lipinski definition) is 2. The summed E-state index contributed by atoms with van der Waals surface area (Å²) >= 11 is 0. The van der Waals surface area contributed by atoms with Crippen LogP contribution < -0.4 is 5.11 Å². The van der Waals surface area contributed by atoms with E-state index in [0.717, 1.165) is 30.2 Å². The van der Waals surface area contributed by atoms with Crippen LogP contribution in [0.25, 0.3) is 0 Å². The predicted molar refractivity (Wildman–Crippen MR) is 57.7 cm³/mol. The van der Waals surface area contributed by atoms with Gasteiger partial charge >= 0.3 is 0 Å². The Balaban J connectivity index is 0. The Morgan fingerprint density at radius 1 is 1.07 bits per heavy atom. The van der Waals surface area contributed by atoms with Crippen LogP contribution in [0, 0.1) is 0 Å². The van der Waals surface area contributed by atoms with Crippen molar-refractivity contribution in [3.63, 3.8) is 0 Å². The van der Waals surface area contributed by atoms with Gasteiger partial charge in [0.15, 0.2) is 0 Å². The van der Waals surface area contributed by atoms with Crippen molar-refractivity contribution in [3.8, 4) is 0 Å². The Morgan fingerprint density at radius 3 is 1.79 bits per heavy atom. The van der Waals surface area contributed by atoms with Gasteiger partial charge in [0.05, 0.1) is 28.2 Å². The van der Waals surface area contributed by atoms with E-state index in [9.17, 15) is 9.90 Å². The zero-order valence-electron chi connectivity index (χ0n) is 10.3. The Labute approximate surface area is 88.3 Å². The van der Waals surface area contributed by atoms with Crippen LogP contribution in [0.4, 0.5) is 0 Å². The zero-order valence-corrected chi connectivity index (χ0v) is 10.3. The lowest BCUT2D eigenvalue weighted by Crippen LogP contribution is -2.27. The maximum atomic E-state index is 9.85. The number of carboxylic acid groups (broad SMARTS) is 1. The van der Waals surface area contributed by atoms with Crippen molar-refractivity contribution < 1.29 is 14.4 Å². The first-order chi connectivity index (χ1) is 6.27. The first kappa shape index (κ1) is 15.9. The number of carbonyl (C=O) groups is 1. The third-order valence-corrected chi connectivity index (χ3v) is 1.23. The lowest BCUT2D eigenvalue weighted by molar-refractivity contribution is -0.849. The summed E-state index contributed by atoms with van der Waals surface area (Å²) in [6, 6.07) is 0. The van der Waals surface area contributed by atoms with Crippen LogP contribution in [0.5, 0.6) is 0 Å². The number of hydrogen-bond donors (Lipinski definition) is 0. The minimum Gasteiger partial charge on any atom is -0.550 e. The fraction of sp³-hybridized carbons (Fsp3) is 0.909. The van der Waals surface area contributed by atoms with Gasteiger partial charge in [0, 0.05) is 5.97 Å². The largest absolute Gasteiger partial charge is 0.550 e. The lowest BCUT2D eigenvalue weighted by atomic mass is 10.2. The fourth-order valence-electron chi connectivity index (χ4n) is 0.696. The maximum absolute atomic E-state index is 9.85. The molecule has 0 aromatic rings. The molecule has 0 bridgehead atoms. The Kier molecular flexibility index (Phi) is 10.2. The molecule has 0 atom stereocenters. The molecule has 0 spiro atoms. The van der Waals surface area contributed by atoms with Gasteiger partial charge in [0.1, 0.15) is 0 Å². The first-order valence-electron chi connectivity index (χ1n) is 5.26. The Morgan fingerprint density at radius 2 is 1.50 bits per heavy atom. The molecule has 0 rings (SSSR count). The minimum atomic E-state index is -0.925. The minimum absolute atomic E-state index is 0.222. The van der Waals surface area contributed by atoms with Gasteiger partial charge in [-0.1, -0.05) is 26.2 Å². The number of nitrogens with zero attached hydrogens (tertiary/aromatic N) is 1. The van der Waals surface area contributed by atoms with Crippen LogP contribution >= 0.6 is 0 Å². The van der Waals surface area contributed by atoms with Gasteiger partial charge in [0.25, 0.3) is 0 Å². The Bertz CT molecular complexity index is 133. The highest BCUT2D eigenvalue weighted by molar-refractivity contribution is 5.63. The van der Waals surface area contributed by atoms with Crippen molar-refractivity contribution in [2.45, 2.75) is 39.0 Å². The van der Waals surface area contributed by atoms with Gasteiger partial charge in [-0.2, -0.15) is 0 Å². The summed E-state index contributed by atoms with van der Waals surface area (Å²) in [6.45, 7) is 2.10. The van der Waals surface area contributed by atoms with Gasteiger partial charge in [-0.25, -0.2) is 0 Å². The molecule has 0 aromatic carbocycles. The van der Waals surface area contributed by atoms with E-state index in [0.29, 0.717) is 0 Å². The van der Waals surface area contributed by atoms with Crippen LogP contribution in [0.3, 0.4) is 0 Å². The Hall–Kier alpha value is -0.570. The summed E-state index contributed by atoms with van der Waals surface area (Å²) in [6.07, 6.45) is 4.29. The molecule has 14 heavy (non-hydrogen) atoms. The highest BCUT2D eigenvalue weighted by Crippen LogP contribution is 2.00. The normalized spacial score (nSPS) is 10.4. The summed E-state index contributed by atoms with van der Waals surface area (Å²) in [4.78, 5) is 9.85. The summed E-state index contributed by atoms with van der Waals surface area (Å²) < 4.78 is 1.00. The zero-order chi connectivity index (χ0) is 11.6. The number of rotatable bonds is 5. The second kappa shape index (κ2) is 9.00. The fourth-order valence-corrected chi connectivity index (χ4v) is 0.696. The SMILES string of the molecule is CCCCCCC(=O)[O-].C[N+](C)(C)C. The maximum Gasteiger partial charge on any atom is 0.0675 e. The van der Waals surface area contributed by atoms with Gasteiger partial charge < -0.3 is 14.4 Å². The topological polar surface area (TPSA) is 40.1 Å². The van der Waals surface area contributed by atoms with Crippen molar-refractivity contribution in [1.29, 1.82) is 0 Å². The molecule has 0 aromatic heterocycles. The average molecular weight is 203 g/mol. The highest BCUT2D eigenvalue weighted by atomic mass is 16.4. The molecular weight excluding hydrogens is 178 g/mol. The summed E-state index contributed by atoms with van der Waals surface area (Å²) in [5.74, 6) is -0.925. The lowest BCUT2D eigenvalue weighted by Gasteiger charge is -2.14. The van der Waals surface area contributed by atoms with E-state index in [-0.39, 0.29) is 6.42 Å². The number of carbonyl (C=O) groups excluding carboxylic acids is 1. The van der Waals surface area contributed by atoms with Gasteiger partial charge in [-0.15, -0.1) is 0 Å². The molecule has 0 aliphatic carbocycles. The number of aliphatic carboxylic acids is 1. The second-order valence-electron chi connectivity index (χ2n) is 4.87. The van der Waals surface area contributed by atoms with Crippen molar-refractivity contribution >= 4 is 5.97 Å². The van der Waals surface area contributed by atoms with Gasteiger partial charge in [0.2, 0.25) is 0 Å². The molecule has 0 unspecified atom stereocenters. The molecule has 0 saturated carbocycles. The van der Waals surface area contributed by atoms with E-state index in [2.05, 4.69) is 35.1 Å². The van der Waals surface area contributed by atoms with Crippen LogP contribution in [0.2, 0.25) is 0 Å². The smallest absolute Gasteiger partial charge is 0.0675 e. The summed E-state index contributed by atoms with van der Waals surface area (Å²) in [5.41, 5.74) is 0. The molecule has 86 valence electrons. The van der Waals surface area contributed by atoms with E-state index in [4.69, 9.17) is 0 Å². The number of unbranched alkanes of at least 4 members (excludes halogenated alkanes) is 3. The number of carboxylic acids is 1. The van der Waals surface area contributed by atoms with Crippen LogP contribution in [-0.2, 0) is 4.79 Å². The van der Waals surface area contributed by atoms with Crippen molar-refractivity contribution in [2.24, 2.45) is 0 Å². The standard InChI is InChI=1S/C7H14O2.C4H12N/c1-2-3-4-5-6-7(8)9;1-5(2,3)4/h2-6H2,1H3,(H,8,9);1-4H3/q;+1/p-1. The van der Waals surface area contributed by atoms with Crippen LogP contribution in [0.1, 0.15) is 39.0 Å². The molecule has 3 nitrogen and oxygen atoms in total. The molecule has 0 heterocycles. The van der Waals surface area contributed by atoms with Crippen molar-refractivity contribution in [1.82, 2.24) is 0 Å². The molecule has 3 heteroatoms. The average Bonchev–Trinajstić information content (AvgIpc) is 1.94. The molecule has 0 radical (unpaired) electrons. The van der Waals surface area contributed by atoms with E-state index < -0.39 is 5.97 Å². The van der Waals surface area contributed by atoms with Crippen LogP contribution in [0.15, 0.2) is 0 Å². The summed E-state index contributed by atoms with van der Waals surface area (Å²) in [7, 11) is 8.50. The highest BCUT2D eigenvalue weighted by Gasteiger charge is 1.88. The van der Waals surface area contributed by atoms with Crippen molar-refractivity contribution in [2.75, 3.05) is 28.2 Å². The van der Waals surface area contributed by atoms with Crippen LogP contribution in [-0.4, -0.2) is 38.6 Å². The summed E-state index contributed by atoms with van der Waals surface area (Å²) in [5, 5.41) is 9.85. The molecule has 0 amide bonds. The molecular formula is C11H25NO2. The third kappa shape index (κ3) is 42.2. The van der Waals surface area contributed by atoms with E-state index >= 15 is 0 Å². The van der Waals surface area contributed by atoms with E-state index in [1.807, 2.05) is 0 Å². The van der Waals surface area contributed by atoms with Gasteiger partial charge in [-0.3, -0.25) is 0 Å². The predicted octanol–water partition coefficient (Wildman–Crippen LogP) is 1.03. The van der Waals surface area contributed by atoms with E-state index in [1.54, 1.807) is 0 Å². The molecule has 0 saturated heterocycles. The molecule has 0 N–H and O–H groups in total. The molecule has 0 aliphatic rings. The second-order valence-corrected chi connectivity index (χ2v) is 4.87. The first-order valence-corrected chi connectivity index (χ1v) is 5.26. The number of quaternary nitrogens is 1. The van der Waals surface area contributed by atoms with E-state index in [1.165, 1.54) is 0 Å². The van der Waals surface area contributed by atoms with Crippen molar-refractivity contribution in [3.05, 3.63) is 0 Å². The molecule has 0 fully saturated rings.